The third-order valence-electron chi connectivity index (χ3n) is 4.92. The molecule has 0 aliphatic heterocycles. The van der Waals surface area contributed by atoms with E-state index in [2.05, 4.69) is 22.1 Å². The SMILES string of the molecule is C=CCn1c(SCC(=O)Nc2sc3c(c2C(=O)OC)CCCC3)nnc1-c1cccs1. The lowest BCUT2D eigenvalue weighted by molar-refractivity contribution is -0.113. The molecule has 0 bridgehead atoms. The molecule has 0 fully saturated rings. The highest BCUT2D eigenvalue weighted by Crippen LogP contribution is 2.38. The third-order valence-corrected chi connectivity index (χ3v) is 7.96. The van der Waals surface area contributed by atoms with Gasteiger partial charge < -0.3 is 10.1 Å². The molecule has 31 heavy (non-hydrogen) atoms. The Morgan fingerprint density at radius 1 is 1.35 bits per heavy atom. The summed E-state index contributed by atoms with van der Waals surface area (Å²) in [6.07, 6.45) is 5.70. The maximum absolute atomic E-state index is 12.7. The Hall–Kier alpha value is -2.43. The van der Waals surface area contributed by atoms with Gasteiger partial charge in [-0.05, 0) is 42.7 Å². The van der Waals surface area contributed by atoms with Crippen LogP contribution in [0, 0.1) is 0 Å². The molecule has 1 aliphatic carbocycles. The zero-order valence-electron chi connectivity index (χ0n) is 17.1. The number of allylic oxidation sites excluding steroid dienone is 1. The first kappa shape index (κ1) is 21.8. The molecule has 1 amide bonds. The summed E-state index contributed by atoms with van der Waals surface area (Å²) in [7, 11) is 1.37. The van der Waals surface area contributed by atoms with Crippen molar-refractivity contribution in [3.05, 3.63) is 46.2 Å². The van der Waals surface area contributed by atoms with E-state index in [0.29, 0.717) is 22.3 Å². The molecule has 7 nitrogen and oxygen atoms in total. The molecule has 0 saturated carbocycles. The first-order chi connectivity index (χ1) is 15.1. The number of thiophene rings is 2. The van der Waals surface area contributed by atoms with E-state index in [9.17, 15) is 9.59 Å². The smallest absolute Gasteiger partial charge is 0.341 e. The van der Waals surface area contributed by atoms with Gasteiger partial charge in [0.1, 0.15) is 5.00 Å². The Morgan fingerprint density at radius 3 is 2.94 bits per heavy atom. The van der Waals surface area contributed by atoms with Gasteiger partial charge in [0, 0.05) is 11.4 Å². The molecule has 1 aliphatic rings. The number of carbonyl (C=O) groups excluding carboxylic acids is 2. The second kappa shape index (κ2) is 9.80. The van der Waals surface area contributed by atoms with E-state index in [1.54, 1.807) is 17.4 Å². The number of amides is 1. The van der Waals surface area contributed by atoms with Gasteiger partial charge in [0.15, 0.2) is 11.0 Å². The molecule has 0 atom stereocenters. The van der Waals surface area contributed by atoms with Crippen LogP contribution in [0.25, 0.3) is 10.7 Å². The van der Waals surface area contributed by atoms with Crippen LogP contribution < -0.4 is 5.32 Å². The lowest BCUT2D eigenvalue weighted by Crippen LogP contribution is -2.17. The molecule has 3 aromatic heterocycles. The van der Waals surface area contributed by atoms with E-state index >= 15 is 0 Å². The molecular weight excluding hydrogens is 452 g/mol. The number of hydrogen-bond donors (Lipinski definition) is 1. The van der Waals surface area contributed by atoms with Crippen molar-refractivity contribution in [1.82, 2.24) is 14.8 Å². The van der Waals surface area contributed by atoms with Crippen LogP contribution in [0.5, 0.6) is 0 Å². The molecule has 4 rings (SSSR count). The second-order valence-electron chi connectivity index (χ2n) is 6.93. The summed E-state index contributed by atoms with van der Waals surface area (Å²) in [6.45, 7) is 4.36. The largest absolute Gasteiger partial charge is 0.465 e. The maximum atomic E-state index is 12.7. The first-order valence-corrected chi connectivity index (χ1v) is 12.5. The molecule has 3 heterocycles. The number of carbonyl (C=O) groups is 2. The van der Waals surface area contributed by atoms with Crippen LogP contribution in [-0.2, 0) is 28.9 Å². The first-order valence-electron chi connectivity index (χ1n) is 9.85. The minimum atomic E-state index is -0.395. The number of aromatic nitrogens is 3. The normalized spacial score (nSPS) is 12.9. The van der Waals surface area contributed by atoms with E-state index < -0.39 is 5.97 Å². The van der Waals surface area contributed by atoms with Crippen molar-refractivity contribution in [2.45, 2.75) is 37.4 Å². The second-order valence-corrected chi connectivity index (χ2v) is 9.92. The van der Waals surface area contributed by atoms with Gasteiger partial charge in [0.25, 0.3) is 0 Å². The zero-order valence-corrected chi connectivity index (χ0v) is 19.5. The maximum Gasteiger partial charge on any atom is 0.341 e. The molecule has 0 spiro atoms. The number of methoxy groups -OCH3 is 1. The highest BCUT2D eigenvalue weighted by Gasteiger charge is 2.27. The van der Waals surface area contributed by atoms with E-state index in [1.807, 2.05) is 22.1 Å². The van der Waals surface area contributed by atoms with Crippen LogP contribution in [0.3, 0.4) is 0 Å². The summed E-state index contributed by atoms with van der Waals surface area (Å²) in [6, 6.07) is 3.95. The summed E-state index contributed by atoms with van der Waals surface area (Å²) in [4.78, 5) is 27.3. The van der Waals surface area contributed by atoms with E-state index in [0.717, 1.165) is 41.9 Å². The standard InChI is InChI=1S/C21H22N4O3S3/c1-3-10-25-18(15-9-6-11-29-15)23-24-21(25)30-12-16(26)22-19-17(20(27)28-2)13-7-4-5-8-14(13)31-19/h3,6,9,11H,1,4-5,7-8,10,12H2,2H3,(H,22,26). The zero-order chi connectivity index (χ0) is 21.8. The Balaban J connectivity index is 1.49. The Morgan fingerprint density at radius 2 is 2.19 bits per heavy atom. The number of rotatable bonds is 8. The molecule has 0 saturated heterocycles. The number of hydrogen-bond acceptors (Lipinski definition) is 8. The van der Waals surface area contributed by atoms with Crippen LogP contribution in [0.15, 0.2) is 35.3 Å². The summed E-state index contributed by atoms with van der Waals surface area (Å²) < 4.78 is 6.92. The van der Waals surface area contributed by atoms with Gasteiger partial charge in [0.2, 0.25) is 5.91 Å². The van der Waals surface area contributed by atoms with Crippen molar-refractivity contribution >= 4 is 51.3 Å². The fourth-order valence-electron chi connectivity index (χ4n) is 3.54. The summed E-state index contributed by atoms with van der Waals surface area (Å²) in [5.74, 6) is 0.327. The number of esters is 1. The molecule has 3 aromatic rings. The van der Waals surface area contributed by atoms with Crippen LogP contribution in [0.1, 0.15) is 33.6 Å². The Labute approximate surface area is 192 Å². The molecular formula is C21H22N4O3S3. The van der Waals surface area contributed by atoms with E-state index in [4.69, 9.17) is 4.74 Å². The Bertz CT molecular complexity index is 1100. The predicted molar refractivity (Wildman–Crippen MR) is 125 cm³/mol. The van der Waals surface area contributed by atoms with E-state index in [1.165, 1.54) is 35.1 Å². The van der Waals surface area contributed by atoms with Crippen molar-refractivity contribution in [3.8, 4) is 10.7 Å². The number of nitrogens with one attached hydrogen (secondary N) is 1. The fourth-order valence-corrected chi connectivity index (χ4v) is 6.30. The quantitative estimate of drug-likeness (QED) is 0.291. The van der Waals surface area contributed by atoms with Crippen molar-refractivity contribution in [2.75, 3.05) is 18.2 Å². The summed E-state index contributed by atoms with van der Waals surface area (Å²) >= 11 is 4.38. The van der Waals surface area contributed by atoms with Gasteiger partial charge >= 0.3 is 5.97 Å². The highest BCUT2D eigenvalue weighted by atomic mass is 32.2. The fraction of sp³-hybridized carbons (Fsp3) is 0.333. The average Bonchev–Trinajstić information content (AvgIpc) is 3.50. The number of fused-ring (bicyclic) bond motifs is 1. The van der Waals surface area contributed by atoms with Crippen LogP contribution >= 0.6 is 34.4 Å². The molecule has 162 valence electrons. The van der Waals surface area contributed by atoms with Gasteiger partial charge in [-0.1, -0.05) is 23.9 Å². The third kappa shape index (κ3) is 4.60. The van der Waals surface area contributed by atoms with Gasteiger partial charge in [0.05, 0.1) is 23.3 Å². The number of anilines is 1. The molecule has 10 heteroatoms. The van der Waals surface area contributed by atoms with Crippen LogP contribution in [0.2, 0.25) is 0 Å². The summed E-state index contributed by atoms with van der Waals surface area (Å²) in [5.41, 5.74) is 1.53. The lowest BCUT2D eigenvalue weighted by Gasteiger charge is -2.11. The van der Waals surface area contributed by atoms with Gasteiger partial charge in [-0.25, -0.2) is 4.79 Å². The van der Waals surface area contributed by atoms with Gasteiger partial charge in [-0.2, -0.15) is 0 Å². The minimum absolute atomic E-state index is 0.156. The van der Waals surface area contributed by atoms with Gasteiger partial charge in [-0.15, -0.1) is 39.4 Å². The van der Waals surface area contributed by atoms with Crippen LogP contribution in [-0.4, -0.2) is 39.5 Å². The number of thioether (sulfide) groups is 1. The Kier molecular flexibility index (Phi) is 6.89. The topological polar surface area (TPSA) is 86.1 Å². The molecule has 0 radical (unpaired) electrons. The summed E-state index contributed by atoms with van der Waals surface area (Å²) in [5, 5.41) is 14.7. The van der Waals surface area contributed by atoms with Crippen molar-refractivity contribution < 1.29 is 14.3 Å². The molecule has 0 aromatic carbocycles. The molecule has 0 unspecified atom stereocenters. The average molecular weight is 475 g/mol. The molecule has 1 N–H and O–H groups in total. The van der Waals surface area contributed by atoms with Crippen LogP contribution in [0.4, 0.5) is 5.00 Å². The van der Waals surface area contributed by atoms with Crippen molar-refractivity contribution in [2.24, 2.45) is 0 Å². The lowest BCUT2D eigenvalue weighted by atomic mass is 9.95. The number of aryl methyl sites for hydroxylation is 1. The van der Waals surface area contributed by atoms with Gasteiger partial charge in [-0.3, -0.25) is 9.36 Å². The predicted octanol–water partition coefficient (Wildman–Crippen LogP) is 4.65. The minimum Gasteiger partial charge on any atom is -0.465 e. The van der Waals surface area contributed by atoms with E-state index in [-0.39, 0.29) is 11.7 Å². The van der Waals surface area contributed by atoms with Crippen molar-refractivity contribution in [3.63, 3.8) is 0 Å². The number of nitrogens with zero attached hydrogens (tertiary/aromatic N) is 3. The van der Waals surface area contributed by atoms with Crippen molar-refractivity contribution in [1.29, 1.82) is 0 Å². The monoisotopic (exact) mass is 474 g/mol. The highest BCUT2D eigenvalue weighted by molar-refractivity contribution is 7.99. The number of ether oxygens (including phenoxy) is 1.